The Balaban J connectivity index is 2.98. The van der Waals surface area contributed by atoms with Crippen molar-refractivity contribution in [3.63, 3.8) is 0 Å². The molecule has 6 nitrogen and oxygen atoms in total. The van der Waals surface area contributed by atoms with Gasteiger partial charge < -0.3 is 4.74 Å². The summed E-state index contributed by atoms with van der Waals surface area (Å²) in [4.78, 5) is 11.4. The zero-order chi connectivity index (χ0) is 19.0. The fraction of sp³-hybridized carbons (Fsp3) is 0.188. The molecule has 0 N–H and O–H groups in total. The molecule has 2 rings (SSSR count). The topological polar surface area (TPSA) is 94.6 Å². The van der Waals surface area contributed by atoms with Gasteiger partial charge in [0.25, 0.3) is 0 Å². The van der Waals surface area contributed by atoms with Gasteiger partial charge in [-0.25, -0.2) is 21.6 Å². The molecule has 0 bridgehead atoms. The van der Waals surface area contributed by atoms with Crippen molar-refractivity contribution in [1.29, 1.82) is 0 Å². The molecule has 0 aliphatic carbocycles. The average Bonchev–Trinajstić information content (AvgIpc) is 2.52. The standard InChI is InChI=1S/C16H15ClO6S2/c1-23-16(18)10-7-8-12(17)11(9-10)15-13(24(2,19)20)5-4-6-14(15)25(3,21)22/h4-9H,1-3H3. The number of hydrogen-bond donors (Lipinski definition) is 0. The van der Waals surface area contributed by atoms with Crippen molar-refractivity contribution in [3.05, 3.63) is 47.0 Å². The molecule has 134 valence electrons. The van der Waals surface area contributed by atoms with E-state index in [1.165, 1.54) is 43.5 Å². The van der Waals surface area contributed by atoms with Gasteiger partial charge in [0, 0.05) is 28.7 Å². The minimum atomic E-state index is -3.76. The minimum Gasteiger partial charge on any atom is -0.465 e. The lowest BCUT2D eigenvalue weighted by Crippen LogP contribution is -2.08. The van der Waals surface area contributed by atoms with Gasteiger partial charge in [0.05, 0.1) is 22.5 Å². The molecule has 0 unspecified atom stereocenters. The fourth-order valence-corrected chi connectivity index (χ4v) is 4.47. The van der Waals surface area contributed by atoms with E-state index in [2.05, 4.69) is 4.74 Å². The largest absolute Gasteiger partial charge is 0.465 e. The molecular weight excluding hydrogens is 388 g/mol. The van der Waals surface area contributed by atoms with Crippen LogP contribution in [0.3, 0.4) is 0 Å². The SMILES string of the molecule is COC(=O)c1ccc(Cl)c(-c2c(S(C)(=O)=O)cccc2S(C)(=O)=O)c1. The lowest BCUT2D eigenvalue weighted by Gasteiger charge is -2.15. The number of halogens is 1. The van der Waals surface area contributed by atoms with E-state index in [0.717, 1.165) is 12.5 Å². The Morgan fingerprint density at radius 3 is 1.92 bits per heavy atom. The normalized spacial score (nSPS) is 12.0. The molecule has 0 radical (unpaired) electrons. The van der Waals surface area contributed by atoms with Crippen LogP contribution >= 0.6 is 11.6 Å². The Bertz CT molecular complexity index is 1010. The Morgan fingerprint density at radius 1 is 0.960 bits per heavy atom. The van der Waals surface area contributed by atoms with Crippen LogP contribution in [0.2, 0.25) is 5.02 Å². The lowest BCUT2D eigenvalue weighted by molar-refractivity contribution is 0.0601. The van der Waals surface area contributed by atoms with E-state index in [1.807, 2.05) is 0 Å². The quantitative estimate of drug-likeness (QED) is 0.729. The van der Waals surface area contributed by atoms with Crippen LogP contribution in [0.25, 0.3) is 11.1 Å². The summed E-state index contributed by atoms with van der Waals surface area (Å²) in [6.45, 7) is 0. The van der Waals surface area contributed by atoms with Crippen molar-refractivity contribution >= 4 is 37.2 Å². The smallest absolute Gasteiger partial charge is 0.337 e. The van der Waals surface area contributed by atoms with E-state index in [4.69, 9.17) is 11.6 Å². The van der Waals surface area contributed by atoms with Gasteiger partial charge in [-0.05, 0) is 30.3 Å². The molecule has 0 spiro atoms. The Hall–Kier alpha value is -1.90. The number of sulfone groups is 2. The van der Waals surface area contributed by atoms with Crippen LogP contribution in [0, 0.1) is 0 Å². The van der Waals surface area contributed by atoms with Gasteiger partial charge in [0.15, 0.2) is 19.7 Å². The van der Waals surface area contributed by atoms with Crippen molar-refractivity contribution in [2.75, 3.05) is 19.6 Å². The summed E-state index contributed by atoms with van der Waals surface area (Å²) < 4.78 is 53.3. The van der Waals surface area contributed by atoms with Gasteiger partial charge in [0.2, 0.25) is 0 Å². The Kier molecular flexibility index (Phi) is 5.27. The van der Waals surface area contributed by atoms with E-state index in [9.17, 15) is 21.6 Å². The van der Waals surface area contributed by atoms with Crippen LogP contribution in [0.5, 0.6) is 0 Å². The third kappa shape index (κ3) is 4.02. The number of hydrogen-bond acceptors (Lipinski definition) is 6. The molecule has 0 aromatic heterocycles. The number of rotatable bonds is 4. The third-order valence-electron chi connectivity index (χ3n) is 3.44. The Labute approximate surface area is 151 Å². The predicted molar refractivity (Wildman–Crippen MR) is 94.4 cm³/mol. The van der Waals surface area contributed by atoms with E-state index < -0.39 is 25.6 Å². The molecule has 0 fully saturated rings. The molecular formula is C16H15ClO6S2. The van der Waals surface area contributed by atoms with E-state index >= 15 is 0 Å². The first kappa shape index (κ1) is 19.4. The molecule has 0 atom stereocenters. The fourth-order valence-electron chi connectivity index (χ4n) is 2.36. The lowest BCUT2D eigenvalue weighted by atomic mass is 10.0. The first-order chi connectivity index (χ1) is 11.5. The highest BCUT2D eigenvalue weighted by molar-refractivity contribution is 7.91. The van der Waals surface area contributed by atoms with Gasteiger partial charge in [-0.2, -0.15) is 0 Å². The van der Waals surface area contributed by atoms with Crippen LogP contribution in [0.4, 0.5) is 0 Å². The molecule has 0 saturated heterocycles. The molecule has 0 saturated carbocycles. The molecule has 0 heterocycles. The number of carbonyl (C=O) groups excluding carboxylic acids is 1. The van der Waals surface area contributed by atoms with Crippen molar-refractivity contribution in [2.45, 2.75) is 9.79 Å². The maximum Gasteiger partial charge on any atom is 0.337 e. The summed E-state index contributed by atoms with van der Waals surface area (Å²) in [6.07, 6.45) is 1.94. The summed E-state index contributed by atoms with van der Waals surface area (Å²) in [7, 11) is -6.32. The summed E-state index contributed by atoms with van der Waals surface area (Å²) in [5.41, 5.74) is 0.166. The van der Waals surface area contributed by atoms with Gasteiger partial charge in [-0.1, -0.05) is 17.7 Å². The second-order valence-electron chi connectivity index (χ2n) is 5.36. The summed E-state index contributed by atoms with van der Waals surface area (Å²) >= 11 is 6.18. The first-order valence-electron chi connectivity index (χ1n) is 6.88. The molecule has 25 heavy (non-hydrogen) atoms. The van der Waals surface area contributed by atoms with Gasteiger partial charge in [0.1, 0.15) is 0 Å². The van der Waals surface area contributed by atoms with Crippen LogP contribution in [0.15, 0.2) is 46.2 Å². The molecule has 0 aliphatic rings. The monoisotopic (exact) mass is 402 g/mol. The van der Waals surface area contributed by atoms with Crippen molar-refractivity contribution in [1.82, 2.24) is 0 Å². The average molecular weight is 403 g/mol. The molecule has 0 aliphatic heterocycles. The Morgan fingerprint density at radius 2 is 1.48 bits per heavy atom. The van der Waals surface area contributed by atoms with Crippen LogP contribution in [-0.2, 0) is 24.4 Å². The van der Waals surface area contributed by atoms with E-state index in [-0.39, 0.29) is 31.5 Å². The molecule has 0 amide bonds. The van der Waals surface area contributed by atoms with Crippen molar-refractivity contribution < 1.29 is 26.4 Å². The van der Waals surface area contributed by atoms with Crippen molar-refractivity contribution in [3.8, 4) is 11.1 Å². The van der Waals surface area contributed by atoms with Gasteiger partial charge >= 0.3 is 5.97 Å². The number of methoxy groups -OCH3 is 1. The van der Waals surface area contributed by atoms with Crippen LogP contribution in [0.1, 0.15) is 10.4 Å². The van der Waals surface area contributed by atoms with Crippen LogP contribution < -0.4 is 0 Å². The van der Waals surface area contributed by atoms with Gasteiger partial charge in [-0.15, -0.1) is 0 Å². The molecule has 2 aromatic carbocycles. The van der Waals surface area contributed by atoms with Crippen molar-refractivity contribution in [2.24, 2.45) is 0 Å². The number of benzene rings is 2. The molecule has 9 heteroatoms. The zero-order valence-corrected chi connectivity index (χ0v) is 16.0. The maximum absolute atomic E-state index is 12.2. The van der Waals surface area contributed by atoms with E-state index in [0.29, 0.717) is 0 Å². The predicted octanol–water partition coefficient (Wildman–Crippen LogP) is 2.60. The highest BCUT2D eigenvalue weighted by atomic mass is 35.5. The number of esters is 1. The number of carbonyl (C=O) groups is 1. The second-order valence-corrected chi connectivity index (χ2v) is 9.74. The summed E-state index contributed by atoms with van der Waals surface area (Å²) in [5.74, 6) is -0.657. The zero-order valence-electron chi connectivity index (χ0n) is 13.6. The molecule has 2 aromatic rings. The number of ether oxygens (including phenoxy) is 1. The minimum absolute atomic E-state index is 0.0664. The summed E-state index contributed by atoms with van der Waals surface area (Å²) in [6, 6.07) is 8.03. The van der Waals surface area contributed by atoms with E-state index in [1.54, 1.807) is 0 Å². The highest BCUT2D eigenvalue weighted by Crippen LogP contribution is 2.38. The maximum atomic E-state index is 12.2. The third-order valence-corrected chi connectivity index (χ3v) is 6.05. The first-order valence-corrected chi connectivity index (χ1v) is 11.0. The van der Waals surface area contributed by atoms with Crippen LogP contribution in [-0.4, -0.2) is 42.4 Å². The second kappa shape index (κ2) is 6.78. The summed E-state index contributed by atoms with van der Waals surface area (Å²) in [5, 5.41) is 0.105. The highest BCUT2D eigenvalue weighted by Gasteiger charge is 2.25. The van der Waals surface area contributed by atoms with Gasteiger partial charge in [-0.3, -0.25) is 0 Å².